The van der Waals surface area contributed by atoms with E-state index in [2.05, 4.69) is 20.8 Å². The minimum absolute atomic E-state index is 0.0729. The Morgan fingerprint density at radius 2 is 1.54 bits per heavy atom. The van der Waals surface area contributed by atoms with Gasteiger partial charge in [0.25, 0.3) is 0 Å². The second-order valence-electron chi connectivity index (χ2n) is 8.81. The Balaban J connectivity index is 1.71. The van der Waals surface area contributed by atoms with E-state index >= 15 is 0 Å². The van der Waals surface area contributed by atoms with E-state index in [-0.39, 0.29) is 11.4 Å². The van der Waals surface area contributed by atoms with Crippen molar-refractivity contribution in [2.75, 3.05) is 6.61 Å². The number of carbonyl (C=O) groups excluding carboxylic acids is 1. The van der Waals surface area contributed by atoms with Crippen molar-refractivity contribution >= 4 is 5.97 Å². The molecule has 2 heteroatoms. The summed E-state index contributed by atoms with van der Waals surface area (Å²) in [5, 5.41) is 0. The van der Waals surface area contributed by atoms with Gasteiger partial charge in [0.1, 0.15) is 0 Å². The van der Waals surface area contributed by atoms with E-state index in [1.807, 2.05) is 0 Å². The van der Waals surface area contributed by atoms with Crippen molar-refractivity contribution in [1.29, 1.82) is 0 Å². The molecule has 0 unspecified atom stereocenters. The molecule has 0 aliphatic heterocycles. The standard InChI is InChI=1S/C22H40O2/c1-4-6-7-17-24-21(23)22(3)15-13-20(14-16-22)19-11-9-18(8-5-2)10-12-19/h18-20H,4-17H2,1-3H3. The third-order valence-corrected chi connectivity index (χ3v) is 6.86. The average molecular weight is 337 g/mol. The molecule has 0 heterocycles. The summed E-state index contributed by atoms with van der Waals surface area (Å²) < 4.78 is 5.57. The minimum Gasteiger partial charge on any atom is -0.465 e. The first kappa shape index (κ1) is 19.8. The van der Waals surface area contributed by atoms with Crippen molar-refractivity contribution in [1.82, 2.24) is 0 Å². The maximum atomic E-state index is 12.5. The third-order valence-electron chi connectivity index (χ3n) is 6.86. The van der Waals surface area contributed by atoms with Crippen LogP contribution in [0.15, 0.2) is 0 Å². The van der Waals surface area contributed by atoms with Crippen LogP contribution in [-0.4, -0.2) is 12.6 Å². The zero-order valence-corrected chi connectivity index (χ0v) is 16.4. The number of carbonyl (C=O) groups is 1. The van der Waals surface area contributed by atoms with Crippen molar-refractivity contribution < 1.29 is 9.53 Å². The molecule has 0 N–H and O–H groups in total. The van der Waals surface area contributed by atoms with Gasteiger partial charge < -0.3 is 4.74 Å². The molecule has 0 radical (unpaired) electrons. The van der Waals surface area contributed by atoms with Crippen molar-refractivity contribution in [3.05, 3.63) is 0 Å². The van der Waals surface area contributed by atoms with Crippen LogP contribution in [0.3, 0.4) is 0 Å². The Labute approximate surface area is 150 Å². The summed E-state index contributed by atoms with van der Waals surface area (Å²) in [5.41, 5.74) is -0.206. The summed E-state index contributed by atoms with van der Waals surface area (Å²) in [5.74, 6) is 2.87. The number of hydrogen-bond acceptors (Lipinski definition) is 2. The zero-order chi connectivity index (χ0) is 17.4. The molecule has 2 nitrogen and oxygen atoms in total. The number of rotatable bonds is 8. The van der Waals surface area contributed by atoms with Crippen molar-refractivity contribution in [3.63, 3.8) is 0 Å². The van der Waals surface area contributed by atoms with E-state index in [1.165, 1.54) is 57.8 Å². The molecule has 24 heavy (non-hydrogen) atoms. The lowest BCUT2D eigenvalue weighted by atomic mass is 9.65. The lowest BCUT2D eigenvalue weighted by Crippen LogP contribution is -2.36. The van der Waals surface area contributed by atoms with Gasteiger partial charge in [0, 0.05) is 0 Å². The first-order chi connectivity index (χ1) is 11.6. The average Bonchev–Trinajstić information content (AvgIpc) is 2.60. The van der Waals surface area contributed by atoms with Crippen LogP contribution in [0.25, 0.3) is 0 Å². The lowest BCUT2D eigenvalue weighted by Gasteiger charge is -2.40. The van der Waals surface area contributed by atoms with Gasteiger partial charge in [-0.25, -0.2) is 0 Å². The van der Waals surface area contributed by atoms with Crippen LogP contribution < -0.4 is 0 Å². The van der Waals surface area contributed by atoms with E-state index < -0.39 is 0 Å². The lowest BCUT2D eigenvalue weighted by molar-refractivity contribution is -0.158. The van der Waals surface area contributed by atoms with Crippen LogP contribution in [0.2, 0.25) is 0 Å². The molecular weight excluding hydrogens is 296 g/mol. The molecule has 0 spiro atoms. The highest BCUT2D eigenvalue weighted by Gasteiger charge is 2.41. The zero-order valence-electron chi connectivity index (χ0n) is 16.4. The molecule has 2 aliphatic rings. The van der Waals surface area contributed by atoms with E-state index in [1.54, 1.807) is 0 Å². The van der Waals surface area contributed by atoms with Gasteiger partial charge in [-0.3, -0.25) is 4.79 Å². The Bertz CT molecular complexity index is 360. The quantitative estimate of drug-likeness (QED) is 0.372. The largest absolute Gasteiger partial charge is 0.465 e. The first-order valence-corrected chi connectivity index (χ1v) is 10.8. The SMILES string of the molecule is CCCCCOC(=O)C1(C)CCC(C2CCC(CCC)CC2)CC1. The smallest absolute Gasteiger partial charge is 0.311 e. The van der Waals surface area contributed by atoms with Gasteiger partial charge in [-0.2, -0.15) is 0 Å². The van der Waals surface area contributed by atoms with E-state index in [4.69, 9.17) is 4.74 Å². The Kier molecular flexibility index (Phi) is 8.10. The van der Waals surface area contributed by atoms with Gasteiger partial charge >= 0.3 is 5.97 Å². The maximum Gasteiger partial charge on any atom is 0.311 e. The normalized spacial score (nSPS) is 34.0. The topological polar surface area (TPSA) is 26.3 Å². The summed E-state index contributed by atoms with van der Waals surface area (Å²) in [7, 11) is 0. The van der Waals surface area contributed by atoms with E-state index in [0.29, 0.717) is 6.61 Å². The Hall–Kier alpha value is -0.530. The van der Waals surface area contributed by atoms with Gasteiger partial charge in [0.15, 0.2) is 0 Å². The van der Waals surface area contributed by atoms with Crippen LogP contribution in [0, 0.1) is 23.2 Å². The van der Waals surface area contributed by atoms with Crippen LogP contribution in [0.1, 0.15) is 104 Å². The fourth-order valence-electron chi connectivity index (χ4n) is 5.00. The van der Waals surface area contributed by atoms with Crippen molar-refractivity contribution in [2.45, 2.75) is 104 Å². The second kappa shape index (κ2) is 9.82. The minimum atomic E-state index is -0.206. The molecule has 2 aliphatic carbocycles. The van der Waals surface area contributed by atoms with Crippen molar-refractivity contribution in [2.24, 2.45) is 23.2 Å². The predicted molar refractivity (Wildman–Crippen MR) is 101 cm³/mol. The van der Waals surface area contributed by atoms with Crippen LogP contribution in [0.5, 0.6) is 0 Å². The highest BCUT2D eigenvalue weighted by Crippen LogP contribution is 2.46. The first-order valence-electron chi connectivity index (χ1n) is 10.8. The Morgan fingerprint density at radius 1 is 0.917 bits per heavy atom. The van der Waals surface area contributed by atoms with Crippen molar-refractivity contribution in [3.8, 4) is 0 Å². The summed E-state index contributed by atoms with van der Waals surface area (Å²) in [6.07, 6.45) is 16.5. The highest BCUT2D eigenvalue weighted by molar-refractivity contribution is 5.76. The van der Waals surface area contributed by atoms with Gasteiger partial charge in [-0.05, 0) is 69.6 Å². The number of ether oxygens (including phenoxy) is 1. The Morgan fingerprint density at radius 3 is 2.12 bits per heavy atom. The highest BCUT2D eigenvalue weighted by atomic mass is 16.5. The van der Waals surface area contributed by atoms with Gasteiger partial charge in [0.2, 0.25) is 0 Å². The maximum absolute atomic E-state index is 12.5. The summed E-state index contributed by atoms with van der Waals surface area (Å²) in [6.45, 7) is 7.26. The molecule has 140 valence electrons. The predicted octanol–water partition coefficient (Wildman–Crippen LogP) is 6.52. The van der Waals surface area contributed by atoms with Crippen LogP contribution in [-0.2, 0) is 9.53 Å². The third kappa shape index (κ3) is 5.49. The number of esters is 1. The molecule has 2 fully saturated rings. The molecule has 0 amide bonds. The second-order valence-corrected chi connectivity index (χ2v) is 8.81. The molecule has 0 aromatic carbocycles. The summed E-state index contributed by atoms with van der Waals surface area (Å²) in [4.78, 5) is 12.5. The molecule has 0 saturated heterocycles. The molecule has 0 atom stereocenters. The van der Waals surface area contributed by atoms with Crippen LogP contribution >= 0.6 is 0 Å². The molecule has 0 bridgehead atoms. The molecule has 2 saturated carbocycles. The number of unbranched alkanes of at least 4 members (excludes halogenated alkanes) is 2. The summed E-state index contributed by atoms with van der Waals surface area (Å²) >= 11 is 0. The van der Waals surface area contributed by atoms with E-state index in [0.717, 1.165) is 43.4 Å². The number of hydrogen-bond donors (Lipinski definition) is 0. The molecule has 0 aromatic heterocycles. The molecular formula is C22H40O2. The van der Waals surface area contributed by atoms with E-state index in [9.17, 15) is 4.79 Å². The molecule has 0 aromatic rings. The molecule has 2 rings (SSSR count). The van der Waals surface area contributed by atoms with Gasteiger partial charge in [0.05, 0.1) is 12.0 Å². The fourth-order valence-corrected chi connectivity index (χ4v) is 5.00. The summed E-state index contributed by atoms with van der Waals surface area (Å²) in [6, 6.07) is 0. The monoisotopic (exact) mass is 336 g/mol. The van der Waals surface area contributed by atoms with Gasteiger partial charge in [-0.15, -0.1) is 0 Å². The van der Waals surface area contributed by atoms with Crippen LogP contribution in [0.4, 0.5) is 0 Å². The van der Waals surface area contributed by atoms with Gasteiger partial charge in [-0.1, -0.05) is 52.4 Å². The fraction of sp³-hybridized carbons (Fsp3) is 0.955.